The predicted molar refractivity (Wildman–Crippen MR) is 302 cm³/mol. The summed E-state index contributed by atoms with van der Waals surface area (Å²) in [5, 5.41) is 0. The Morgan fingerprint density at radius 2 is 0.803 bits per heavy atom. The molecule has 8 aromatic rings. The molecule has 0 saturated heterocycles. The fraction of sp³-hybridized carbons (Fsp3) is 0.343. The molecule has 4 aromatic heterocycles. The minimum atomic E-state index is -2.43. The van der Waals surface area contributed by atoms with E-state index in [4.69, 9.17) is 30.2 Å². The monoisotopic (exact) mass is 969 g/mol. The van der Waals surface area contributed by atoms with Crippen LogP contribution in [0.25, 0.3) is 45.0 Å². The van der Waals surface area contributed by atoms with Crippen LogP contribution in [0.3, 0.4) is 0 Å². The molecule has 1 atom stereocenters. The van der Waals surface area contributed by atoms with E-state index in [0.29, 0.717) is 22.3 Å². The van der Waals surface area contributed by atoms with Crippen LogP contribution in [-0.4, -0.2) is 0 Å². The number of rotatable bonds is 6. The third kappa shape index (κ3) is 13.7. The molecule has 0 N–H and O–H groups in total. The third-order valence-corrected chi connectivity index (χ3v) is 12.8. The number of benzene rings is 4. The van der Waals surface area contributed by atoms with Gasteiger partial charge in [0.15, 0.2) is 24.8 Å². The second-order valence-corrected chi connectivity index (χ2v) is 18.7. The Labute approximate surface area is 461 Å². The lowest BCUT2D eigenvalue weighted by molar-refractivity contribution is -0.661. The molecule has 8 rings (SSSR count). The van der Waals surface area contributed by atoms with Crippen molar-refractivity contribution in [2.75, 3.05) is 0 Å². The maximum absolute atomic E-state index is 8.24. The molecule has 71 heavy (non-hydrogen) atoms. The molecule has 0 amide bonds. The van der Waals surface area contributed by atoms with Crippen molar-refractivity contribution in [1.29, 1.82) is 0 Å². The lowest BCUT2D eigenvalue weighted by Gasteiger charge is -2.11. The quantitative estimate of drug-likeness (QED) is 0.148. The minimum absolute atomic E-state index is 0.0389. The van der Waals surface area contributed by atoms with E-state index in [2.05, 4.69) is 24.5 Å². The van der Waals surface area contributed by atoms with Crippen molar-refractivity contribution in [3.8, 4) is 45.0 Å². The van der Waals surface area contributed by atoms with Crippen LogP contribution in [0.15, 0.2) is 122 Å². The van der Waals surface area contributed by atoms with Crippen molar-refractivity contribution in [1.82, 2.24) is 0 Å². The number of aromatic nitrogens is 4. The molecule has 4 heteroatoms. The molecule has 0 radical (unpaired) electrons. The predicted octanol–water partition coefficient (Wildman–Crippen LogP) is 14.7. The first-order valence-electron chi connectivity index (χ1n) is 34.6. The number of pyridine rings is 4. The SMILES string of the molecule is [2H]C([2H])([2H])Cc1ccc(-c2c(C)cc(C([2H])([2H])[2H])c[n+]2C)c(C)c1.[2H]C([2H])([2H])c1cc(C)c(-c2ccc(C([2H])(C)C([2H])([2H])[2H])cc2C)[n+](C)c1.[2H]C([2H])([2H])c1ccc(-c2c(C)c(C)cc[n+]2C)c(C)c1.[2H]C([2H])([2H])c1ccc(-c2c(C)cc(C([2H])([2H])[2H])c[n+]2C)c(C)c1. The van der Waals surface area contributed by atoms with Gasteiger partial charge >= 0.3 is 0 Å². The van der Waals surface area contributed by atoms with E-state index < -0.39 is 53.9 Å². The Balaban J connectivity index is 0.000000226. The molecule has 4 heterocycles. The number of nitrogens with zero attached hydrogens (tertiary/aromatic N) is 4. The molecule has 1 unspecified atom stereocenters. The van der Waals surface area contributed by atoms with Crippen molar-refractivity contribution in [3.05, 3.63) is 211 Å². The Morgan fingerprint density at radius 1 is 0.408 bits per heavy atom. The lowest BCUT2D eigenvalue weighted by atomic mass is 9.94. The highest BCUT2D eigenvalue weighted by Crippen LogP contribution is 2.29. The molecule has 0 aliphatic heterocycles. The smallest absolute Gasteiger partial charge is 0.201 e. The lowest BCUT2D eigenvalue weighted by Crippen LogP contribution is -2.32. The number of aryl methyl sites for hydroxylation is 18. The zero-order chi connectivity index (χ0) is 71.0. The molecule has 4 aromatic carbocycles. The second kappa shape index (κ2) is 24.1. The van der Waals surface area contributed by atoms with Gasteiger partial charge in [-0.25, -0.2) is 18.3 Å². The van der Waals surface area contributed by atoms with Crippen LogP contribution in [0.2, 0.25) is 0 Å². The normalized spacial score (nSPS) is 17.4. The molecule has 370 valence electrons. The maximum Gasteiger partial charge on any atom is 0.215 e. The van der Waals surface area contributed by atoms with Crippen molar-refractivity contribution < 1.29 is 48.4 Å². The molecular formula is C67H86N4+4. The van der Waals surface area contributed by atoms with Crippen molar-refractivity contribution in [3.63, 3.8) is 0 Å². The molecule has 4 nitrogen and oxygen atoms in total. The van der Waals surface area contributed by atoms with Gasteiger partial charge in [0.1, 0.15) is 28.2 Å². The van der Waals surface area contributed by atoms with E-state index >= 15 is 0 Å². The van der Waals surface area contributed by atoms with Gasteiger partial charge in [0.2, 0.25) is 22.8 Å². The van der Waals surface area contributed by atoms with Gasteiger partial charge in [0, 0.05) is 97.4 Å². The standard InChI is InChI=1S/C18H24N.C17H22N.2C16H20N/c1-12(2)16-7-8-17(14(4)10-16)18-15(5)9-13(3)11-19(18)6;1-6-15-7-8-16(13(3)10-15)17-14(4)9-12(2)11-18(17)5;1-11-6-7-15(13(3)8-11)16-14(4)9-12(2)10-17(16)5;1-11-6-7-15(13(3)10-11)16-14(4)12(2)8-9-17(16)5/h7-12H,1-6H3;7-11H,6H2,1-5H3;2*6-10H,1-5H3/q4*+1/i1D3,3D3,12D;2*1D3,2D3;1D3. The van der Waals surface area contributed by atoms with Crippen molar-refractivity contribution >= 4 is 0 Å². The molecule has 0 spiro atoms. The van der Waals surface area contributed by atoms with Gasteiger partial charge in [-0.2, -0.15) is 0 Å². The average molecular weight is 970 g/mol. The largest absolute Gasteiger partial charge is 0.215 e. The summed E-state index contributed by atoms with van der Waals surface area (Å²) in [7, 11) is 7.43. The van der Waals surface area contributed by atoms with E-state index in [9.17, 15) is 0 Å². The van der Waals surface area contributed by atoms with E-state index in [1.54, 1.807) is 109 Å². The van der Waals surface area contributed by atoms with Gasteiger partial charge in [-0.15, -0.1) is 0 Å². The molecule has 0 fully saturated rings. The molecular weight excluding hydrogens is 861 g/mol. The Kier molecular flexibility index (Phi) is 10.8. The van der Waals surface area contributed by atoms with Crippen LogP contribution in [-0.2, 0) is 34.6 Å². The zero-order valence-electron chi connectivity index (χ0n) is 66.0. The summed E-state index contributed by atoms with van der Waals surface area (Å²) in [5.74, 6) is -1.70. The summed E-state index contributed by atoms with van der Waals surface area (Å²) < 4.78 is 174. The van der Waals surface area contributed by atoms with E-state index in [1.165, 1.54) is 18.1 Å². The van der Waals surface area contributed by atoms with Crippen LogP contribution < -0.4 is 18.3 Å². The maximum atomic E-state index is 8.24. The first kappa shape index (κ1) is 31.7. The van der Waals surface area contributed by atoms with Gasteiger partial charge in [0.05, 0.1) is 0 Å². The van der Waals surface area contributed by atoms with Crippen molar-refractivity contribution in [2.24, 2.45) is 28.2 Å². The van der Waals surface area contributed by atoms with Gasteiger partial charge < -0.3 is 0 Å². The van der Waals surface area contributed by atoms with Gasteiger partial charge in [0.25, 0.3) is 0 Å². The van der Waals surface area contributed by atoms with Crippen LogP contribution in [0.1, 0.15) is 146 Å². The summed E-state index contributed by atoms with van der Waals surface area (Å²) in [4.78, 5) is 0. The molecule has 0 saturated carbocycles. The fourth-order valence-electron chi connectivity index (χ4n) is 9.27. The van der Waals surface area contributed by atoms with Gasteiger partial charge in [-0.3, -0.25) is 0 Å². The fourth-order valence-corrected chi connectivity index (χ4v) is 9.27. The van der Waals surface area contributed by atoms with Gasteiger partial charge in [-0.1, -0.05) is 80.3 Å². The van der Waals surface area contributed by atoms with Crippen molar-refractivity contribution in [2.45, 2.75) is 130 Å². The zero-order valence-corrected chi connectivity index (χ0v) is 44.0. The van der Waals surface area contributed by atoms with Gasteiger partial charge in [-0.05, 0) is 190 Å². The topological polar surface area (TPSA) is 15.5 Å². The highest BCUT2D eigenvalue weighted by molar-refractivity contribution is 5.68. The Bertz CT molecular complexity index is 3960. The highest BCUT2D eigenvalue weighted by Gasteiger charge is 2.20. The van der Waals surface area contributed by atoms with E-state index in [-0.39, 0.29) is 17.5 Å². The minimum Gasteiger partial charge on any atom is -0.201 e. The first-order chi connectivity index (χ1) is 42.2. The summed E-state index contributed by atoms with van der Waals surface area (Å²) in [6, 6.07) is 28.4. The summed E-state index contributed by atoms with van der Waals surface area (Å²) in [5.41, 5.74) is 19.1. The number of hydrogen-bond donors (Lipinski definition) is 0. The van der Waals surface area contributed by atoms with Crippen LogP contribution in [0.4, 0.5) is 0 Å². The Hall–Kier alpha value is -6.52. The molecule has 0 aliphatic carbocycles. The van der Waals surface area contributed by atoms with E-state index in [1.807, 2.05) is 97.6 Å². The third-order valence-electron chi connectivity index (χ3n) is 12.8. The first-order valence-corrected chi connectivity index (χ1v) is 23.6. The summed E-state index contributed by atoms with van der Waals surface area (Å²) in [6.45, 7) is 3.76. The summed E-state index contributed by atoms with van der Waals surface area (Å²) >= 11 is 0. The van der Waals surface area contributed by atoms with Crippen LogP contribution in [0.5, 0.6) is 0 Å². The summed E-state index contributed by atoms with van der Waals surface area (Å²) in [6.07, 6.45) is 6.91. The highest BCUT2D eigenvalue weighted by atomic mass is 14.9. The molecule has 0 aliphatic rings. The average Bonchev–Trinajstić information content (AvgIpc) is 0.794. The molecule has 0 bridgehead atoms. The second-order valence-electron chi connectivity index (χ2n) is 18.7. The number of hydrogen-bond acceptors (Lipinski definition) is 0. The van der Waals surface area contributed by atoms with E-state index in [0.717, 1.165) is 89.5 Å². The van der Waals surface area contributed by atoms with Crippen LogP contribution >= 0.6 is 0 Å². The Morgan fingerprint density at radius 3 is 1.18 bits per heavy atom. The van der Waals surface area contributed by atoms with Crippen LogP contribution in [0, 0.1) is 96.6 Å².